The second-order valence-electron chi connectivity index (χ2n) is 5.44. The number of anilines is 1. The van der Waals surface area contributed by atoms with Gasteiger partial charge in [-0.1, -0.05) is 30.3 Å². The molecule has 1 N–H and O–H groups in total. The number of nitrogens with zero attached hydrogens (tertiary/aromatic N) is 4. The Hall–Kier alpha value is -2.81. The first-order valence-electron chi connectivity index (χ1n) is 7.26. The van der Waals surface area contributed by atoms with Gasteiger partial charge >= 0.3 is 0 Å². The van der Waals surface area contributed by atoms with Crippen molar-refractivity contribution in [2.75, 3.05) is 18.4 Å². The van der Waals surface area contributed by atoms with Crippen molar-refractivity contribution in [1.82, 2.24) is 14.5 Å². The highest BCUT2D eigenvalue weighted by Crippen LogP contribution is 2.17. The van der Waals surface area contributed by atoms with Gasteiger partial charge in [0.25, 0.3) is 0 Å². The molecule has 0 unspecified atom stereocenters. The molecule has 0 bridgehead atoms. The van der Waals surface area contributed by atoms with Crippen molar-refractivity contribution in [1.29, 1.82) is 5.26 Å². The molecule has 1 aliphatic heterocycles. The van der Waals surface area contributed by atoms with Crippen LogP contribution in [-0.4, -0.2) is 33.4 Å². The van der Waals surface area contributed by atoms with Crippen LogP contribution in [0.15, 0.2) is 42.9 Å². The molecule has 112 valence electrons. The van der Waals surface area contributed by atoms with Gasteiger partial charge in [-0.3, -0.25) is 4.79 Å². The van der Waals surface area contributed by atoms with Crippen molar-refractivity contribution in [3.63, 3.8) is 0 Å². The van der Waals surface area contributed by atoms with Gasteiger partial charge in [-0.15, -0.1) is 0 Å². The molecule has 6 nitrogen and oxygen atoms in total. The lowest BCUT2D eigenvalue weighted by molar-refractivity contribution is -0.119. The van der Waals surface area contributed by atoms with Crippen molar-refractivity contribution >= 4 is 11.7 Å². The molecule has 0 aliphatic carbocycles. The van der Waals surface area contributed by atoms with Gasteiger partial charge in [0.05, 0.1) is 12.2 Å². The first kappa shape index (κ1) is 14.1. The second-order valence-corrected chi connectivity index (χ2v) is 5.44. The third kappa shape index (κ3) is 3.26. The first-order valence-corrected chi connectivity index (χ1v) is 7.26. The molecule has 0 radical (unpaired) electrons. The maximum atomic E-state index is 12.1. The highest BCUT2D eigenvalue weighted by atomic mass is 16.2. The van der Waals surface area contributed by atoms with Crippen molar-refractivity contribution in [3.05, 3.63) is 48.4 Å². The second kappa shape index (κ2) is 6.31. The molecular weight excluding hydrogens is 278 g/mol. The number of likely N-dealkylation sites (tertiary alicyclic amines) is 1. The molecule has 1 fully saturated rings. The molecule has 1 aromatic carbocycles. The zero-order chi connectivity index (χ0) is 15.4. The smallest absolute Gasteiger partial charge is 0.230 e. The van der Waals surface area contributed by atoms with Gasteiger partial charge in [0.1, 0.15) is 0 Å². The van der Waals surface area contributed by atoms with Crippen LogP contribution in [-0.2, 0) is 11.3 Å². The monoisotopic (exact) mass is 295 g/mol. The number of hydrogen-bond acceptors (Lipinski definition) is 4. The Kier molecular flexibility index (Phi) is 4.05. The van der Waals surface area contributed by atoms with Crippen LogP contribution < -0.4 is 5.32 Å². The number of amides is 1. The first-order chi connectivity index (χ1) is 10.7. The van der Waals surface area contributed by atoms with Crippen LogP contribution in [0, 0.1) is 17.4 Å². The van der Waals surface area contributed by atoms with Crippen molar-refractivity contribution in [2.24, 2.45) is 5.92 Å². The van der Waals surface area contributed by atoms with E-state index in [1.54, 1.807) is 11.2 Å². The molecule has 2 heterocycles. The predicted octanol–water partition coefficient (Wildman–Crippen LogP) is 1.67. The van der Waals surface area contributed by atoms with Crippen LogP contribution in [0.5, 0.6) is 0 Å². The van der Waals surface area contributed by atoms with Crippen LogP contribution in [0.2, 0.25) is 0 Å². The number of aromatic nitrogens is 2. The fourth-order valence-corrected chi connectivity index (χ4v) is 2.60. The summed E-state index contributed by atoms with van der Waals surface area (Å²) >= 11 is 0. The predicted molar refractivity (Wildman–Crippen MR) is 81.7 cm³/mol. The molecule has 22 heavy (non-hydrogen) atoms. The van der Waals surface area contributed by atoms with Gasteiger partial charge < -0.3 is 14.8 Å². The number of benzene rings is 1. The lowest BCUT2D eigenvalue weighted by Gasteiger charge is -2.08. The maximum Gasteiger partial charge on any atom is 0.230 e. The molecule has 2 aromatic rings. The summed E-state index contributed by atoms with van der Waals surface area (Å²) in [7, 11) is 0. The largest absolute Gasteiger partial charge is 0.331 e. The van der Waals surface area contributed by atoms with E-state index in [0.717, 1.165) is 6.54 Å². The van der Waals surface area contributed by atoms with E-state index >= 15 is 0 Å². The van der Waals surface area contributed by atoms with Crippen molar-refractivity contribution < 1.29 is 4.79 Å². The zero-order valence-corrected chi connectivity index (χ0v) is 12.1. The number of imidazole rings is 1. The normalized spacial score (nSPS) is 17.2. The summed E-state index contributed by atoms with van der Waals surface area (Å²) in [5.74, 6) is 0.345. The molecule has 1 saturated heterocycles. The number of nitriles is 1. The average molecular weight is 295 g/mol. The van der Waals surface area contributed by atoms with E-state index in [2.05, 4.69) is 16.5 Å². The quantitative estimate of drug-likeness (QED) is 0.871. The fraction of sp³-hybridized carbons (Fsp3) is 0.312. The van der Waals surface area contributed by atoms with E-state index in [9.17, 15) is 4.79 Å². The minimum Gasteiger partial charge on any atom is -0.331 e. The Morgan fingerprint density at radius 2 is 2.23 bits per heavy atom. The summed E-state index contributed by atoms with van der Waals surface area (Å²) in [4.78, 5) is 18.0. The molecule has 3 rings (SSSR count). The summed E-state index contributed by atoms with van der Waals surface area (Å²) in [6.45, 7) is 1.86. The lowest BCUT2D eigenvalue weighted by atomic mass is 10.1. The molecule has 1 aliphatic rings. The highest BCUT2D eigenvalue weighted by molar-refractivity contribution is 5.91. The average Bonchev–Trinajstić information content (AvgIpc) is 3.17. The third-order valence-electron chi connectivity index (χ3n) is 3.79. The van der Waals surface area contributed by atoms with E-state index in [-0.39, 0.29) is 11.8 Å². The van der Waals surface area contributed by atoms with Gasteiger partial charge in [-0.05, 0) is 12.0 Å². The summed E-state index contributed by atoms with van der Waals surface area (Å²) < 4.78 is 1.93. The molecule has 1 atom stereocenters. The Morgan fingerprint density at radius 3 is 2.95 bits per heavy atom. The summed E-state index contributed by atoms with van der Waals surface area (Å²) in [5, 5.41) is 11.7. The van der Waals surface area contributed by atoms with Crippen LogP contribution in [0.25, 0.3) is 0 Å². The Bertz CT molecular complexity index is 688. The van der Waals surface area contributed by atoms with E-state index < -0.39 is 0 Å². The molecule has 0 saturated carbocycles. The summed E-state index contributed by atoms with van der Waals surface area (Å²) in [6, 6.07) is 10.1. The zero-order valence-electron chi connectivity index (χ0n) is 12.1. The van der Waals surface area contributed by atoms with E-state index in [1.807, 2.05) is 41.1 Å². The van der Waals surface area contributed by atoms with Crippen LogP contribution in [0.1, 0.15) is 12.0 Å². The van der Waals surface area contributed by atoms with Gasteiger partial charge in [0.2, 0.25) is 5.91 Å². The maximum absolute atomic E-state index is 12.1. The topological polar surface area (TPSA) is 74.0 Å². The van der Waals surface area contributed by atoms with Crippen molar-refractivity contribution in [2.45, 2.75) is 13.0 Å². The van der Waals surface area contributed by atoms with Gasteiger partial charge in [-0.25, -0.2) is 4.98 Å². The molecular formula is C16H17N5O. The standard InChI is InChI=1S/C16H17N5O/c17-11-20-7-6-14(9-20)16(22)19-15-10-21(12-18-15)8-13-4-2-1-3-5-13/h1-5,10,12,14H,6-9H2,(H,19,22)/t14-/m1/s1. The Balaban J connectivity index is 1.58. The Labute approximate surface area is 129 Å². The molecule has 6 heteroatoms. The van der Waals surface area contributed by atoms with Gasteiger partial charge in [0.15, 0.2) is 12.0 Å². The molecule has 1 aromatic heterocycles. The van der Waals surface area contributed by atoms with Crippen LogP contribution >= 0.6 is 0 Å². The summed E-state index contributed by atoms with van der Waals surface area (Å²) in [6.07, 6.45) is 6.32. The highest BCUT2D eigenvalue weighted by Gasteiger charge is 2.28. The summed E-state index contributed by atoms with van der Waals surface area (Å²) in [5.41, 5.74) is 1.18. The lowest BCUT2D eigenvalue weighted by Crippen LogP contribution is -2.25. The minimum absolute atomic E-state index is 0.0669. The fourth-order valence-electron chi connectivity index (χ4n) is 2.60. The minimum atomic E-state index is -0.140. The third-order valence-corrected chi connectivity index (χ3v) is 3.79. The number of carbonyl (C=O) groups is 1. The van der Waals surface area contributed by atoms with Crippen LogP contribution in [0.3, 0.4) is 0 Å². The van der Waals surface area contributed by atoms with Gasteiger partial charge in [-0.2, -0.15) is 5.26 Å². The number of nitrogens with one attached hydrogen (secondary N) is 1. The SMILES string of the molecule is N#CN1CC[C@@H](C(=O)Nc2cn(Cc3ccccc3)cn2)C1. The number of rotatable bonds is 4. The van der Waals surface area contributed by atoms with Gasteiger partial charge in [0, 0.05) is 25.8 Å². The van der Waals surface area contributed by atoms with E-state index in [0.29, 0.717) is 25.3 Å². The van der Waals surface area contributed by atoms with E-state index in [1.165, 1.54) is 5.56 Å². The molecule has 0 spiro atoms. The number of hydrogen-bond donors (Lipinski definition) is 1. The van der Waals surface area contributed by atoms with Crippen LogP contribution in [0.4, 0.5) is 5.82 Å². The number of carbonyl (C=O) groups excluding carboxylic acids is 1. The molecule has 1 amide bonds. The van der Waals surface area contributed by atoms with Crippen molar-refractivity contribution in [3.8, 4) is 6.19 Å². The Morgan fingerprint density at radius 1 is 1.41 bits per heavy atom. The van der Waals surface area contributed by atoms with E-state index in [4.69, 9.17) is 5.26 Å².